The molecule has 10 heteroatoms. The lowest BCUT2D eigenvalue weighted by Gasteiger charge is -2.38. The van der Waals surface area contributed by atoms with Crippen molar-refractivity contribution in [2.45, 2.75) is 38.5 Å². The minimum atomic E-state index is -4.99. The molecule has 0 N–H and O–H groups in total. The minimum Gasteiger partial charge on any atom is -0.337 e. The molecule has 1 fully saturated rings. The summed E-state index contributed by atoms with van der Waals surface area (Å²) >= 11 is 0. The average molecular weight is 395 g/mol. The van der Waals surface area contributed by atoms with Crippen LogP contribution < -0.4 is 4.90 Å². The molecule has 0 unspecified atom stereocenters. The second kappa shape index (κ2) is 7.99. The quantitative estimate of drug-likeness (QED) is 0.798. The zero-order valence-electron chi connectivity index (χ0n) is 15.3. The van der Waals surface area contributed by atoms with Crippen LogP contribution in [0.3, 0.4) is 0 Å². The molecular formula is C18H20F3N5O2. The highest BCUT2D eigenvalue weighted by atomic mass is 19.4. The molecule has 1 aliphatic rings. The number of aromatic nitrogens is 3. The largest absolute Gasteiger partial charge is 0.471 e. The Morgan fingerprint density at radius 2 is 1.93 bits per heavy atom. The van der Waals surface area contributed by atoms with Gasteiger partial charge in [-0.3, -0.25) is 24.2 Å². The van der Waals surface area contributed by atoms with Gasteiger partial charge in [-0.25, -0.2) is 0 Å². The van der Waals surface area contributed by atoms with Crippen LogP contribution in [-0.2, 0) is 11.3 Å². The van der Waals surface area contributed by atoms with E-state index in [1.807, 2.05) is 6.92 Å². The molecule has 1 saturated heterocycles. The van der Waals surface area contributed by atoms with E-state index in [-0.39, 0.29) is 37.5 Å². The van der Waals surface area contributed by atoms with Gasteiger partial charge in [0.15, 0.2) is 0 Å². The third kappa shape index (κ3) is 4.00. The Morgan fingerprint density at radius 1 is 1.21 bits per heavy atom. The van der Waals surface area contributed by atoms with Crippen LogP contribution in [0.5, 0.6) is 0 Å². The molecule has 0 spiro atoms. The molecule has 1 aliphatic heterocycles. The molecule has 3 heterocycles. The van der Waals surface area contributed by atoms with E-state index in [2.05, 4.69) is 10.1 Å². The van der Waals surface area contributed by atoms with Crippen molar-refractivity contribution in [3.63, 3.8) is 0 Å². The molecule has 28 heavy (non-hydrogen) atoms. The van der Waals surface area contributed by atoms with Crippen LogP contribution in [0.4, 0.5) is 18.9 Å². The second-order valence-electron chi connectivity index (χ2n) is 6.44. The summed E-state index contributed by atoms with van der Waals surface area (Å²) in [6.45, 7) is 2.91. The number of piperidine rings is 1. The molecule has 2 aromatic heterocycles. The Hall–Kier alpha value is -2.91. The van der Waals surface area contributed by atoms with Crippen molar-refractivity contribution in [3.8, 4) is 0 Å². The summed E-state index contributed by atoms with van der Waals surface area (Å²) in [5, 5.41) is 4.07. The van der Waals surface area contributed by atoms with Crippen LogP contribution in [-0.4, -0.2) is 56.8 Å². The first-order valence-electron chi connectivity index (χ1n) is 8.94. The lowest BCUT2D eigenvalue weighted by molar-refractivity contribution is -0.171. The highest BCUT2D eigenvalue weighted by Gasteiger charge is 2.46. The number of anilines is 1. The molecule has 0 aliphatic carbocycles. The number of carbonyl (C=O) groups is 2. The standard InChI is InChI=1S/C18H20F3N5O2/c1-2-25-15(5-9-23-25)16(27)24-10-6-13(7-11-24)26(17(28)18(19,20)21)14-4-3-8-22-12-14/h3-5,8-9,12-13H,2,6-7,10-11H2,1H3. The molecule has 0 bridgehead atoms. The van der Waals surface area contributed by atoms with E-state index in [1.54, 1.807) is 15.6 Å². The lowest BCUT2D eigenvalue weighted by atomic mass is 10.0. The van der Waals surface area contributed by atoms with Crippen LogP contribution in [0.1, 0.15) is 30.3 Å². The Balaban J connectivity index is 1.75. The molecule has 7 nitrogen and oxygen atoms in total. The van der Waals surface area contributed by atoms with Gasteiger partial charge in [0.2, 0.25) is 0 Å². The number of hydrogen-bond acceptors (Lipinski definition) is 4. The topological polar surface area (TPSA) is 71.3 Å². The summed E-state index contributed by atoms with van der Waals surface area (Å²) in [5.41, 5.74) is 0.537. The summed E-state index contributed by atoms with van der Waals surface area (Å²) < 4.78 is 41.0. The van der Waals surface area contributed by atoms with Gasteiger partial charge in [-0.05, 0) is 38.0 Å². The number of carbonyl (C=O) groups excluding carboxylic acids is 2. The first-order valence-corrected chi connectivity index (χ1v) is 8.94. The molecule has 0 saturated carbocycles. The molecule has 0 aromatic carbocycles. The third-order valence-corrected chi connectivity index (χ3v) is 4.74. The van der Waals surface area contributed by atoms with E-state index in [0.717, 1.165) is 4.90 Å². The Labute approximate surface area is 159 Å². The molecule has 0 radical (unpaired) electrons. The monoisotopic (exact) mass is 395 g/mol. The van der Waals surface area contributed by atoms with Gasteiger partial charge in [0.25, 0.3) is 5.91 Å². The first kappa shape index (κ1) is 19.8. The Morgan fingerprint density at radius 3 is 2.50 bits per heavy atom. The highest BCUT2D eigenvalue weighted by Crippen LogP contribution is 2.29. The van der Waals surface area contributed by atoms with Gasteiger partial charge in [0.1, 0.15) is 5.69 Å². The molecule has 3 rings (SSSR count). The van der Waals surface area contributed by atoms with Crippen molar-refractivity contribution >= 4 is 17.5 Å². The molecule has 2 amide bonds. The molecule has 0 atom stereocenters. The smallest absolute Gasteiger partial charge is 0.337 e. The van der Waals surface area contributed by atoms with Crippen LogP contribution in [0.2, 0.25) is 0 Å². The lowest BCUT2D eigenvalue weighted by Crippen LogP contribution is -2.52. The summed E-state index contributed by atoms with van der Waals surface area (Å²) in [6.07, 6.45) is -0.309. The molecular weight excluding hydrogens is 375 g/mol. The number of aryl methyl sites for hydroxylation is 1. The predicted octanol–water partition coefficient (Wildman–Crippen LogP) is 2.50. The fourth-order valence-corrected chi connectivity index (χ4v) is 3.38. The predicted molar refractivity (Wildman–Crippen MR) is 94.6 cm³/mol. The van der Waals surface area contributed by atoms with E-state index in [4.69, 9.17) is 0 Å². The maximum atomic E-state index is 13.1. The van der Waals surface area contributed by atoms with E-state index in [0.29, 0.717) is 12.2 Å². The van der Waals surface area contributed by atoms with Gasteiger partial charge >= 0.3 is 12.1 Å². The average Bonchev–Trinajstić information content (AvgIpc) is 3.17. The summed E-state index contributed by atoms with van der Waals surface area (Å²) in [5.74, 6) is -2.14. The molecule has 150 valence electrons. The van der Waals surface area contributed by atoms with Crippen molar-refractivity contribution in [2.75, 3.05) is 18.0 Å². The maximum absolute atomic E-state index is 13.1. The second-order valence-corrected chi connectivity index (χ2v) is 6.44. The van der Waals surface area contributed by atoms with E-state index >= 15 is 0 Å². The van der Waals surface area contributed by atoms with E-state index in [9.17, 15) is 22.8 Å². The van der Waals surface area contributed by atoms with Crippen molar-refractivity contribution in [3.05, 3.63) is 42.5 Å². The number of hydrogen-bond donors (Lipinski definition) is 0. The minimum absolute atomic E-state index is 0.0960. The van der Waals surface area contributed by atoms with Crippen molar-refractivity contribution in [1.82, 2.24) is 19.7 Å². The number of amides is 2. The van der Waals surface area contributed by atoms with Crippen LogP contribution in [0.15, 0.2) is 36.8 Å². The zero-order chi connectivity index (χ0) is 20.3. The van der Waals surface area contributed by atoms with Crippen LogP contribution in [0.25, 0.3) is 0 Å². The zero-order valence-corrected chi connectivity index (χ0v) is 15.3. The number of nitrogens with zero attached hydrogens (tertiary/aromatic N) is 5. The molecule has 2 aromatic rings. The fraction of sp³-hybridized carbons (Fsp3) is 0.444. The van der Waals surface area contributed by atoms with Crippen molar-refractivity contribution < 1.29 is 22.8 Å². The van der Waals surface area contributed by atoms with E-state index in [1.165, 1.54) is 30.7 Å². The number of pyridine rings is 1. The number of alkyl halides is 3. The van der Waals surface area contributed by atoms with Gasteiger partial charge in [-0.2, -0.15) is 18.3 Å². The highest BCUT2D eigenvalue weighted by molar-refractivity contribution is 5.98. The van der Waals surface area contributed by atoms with Crippen molar-refractivity contribution in [2.24, 2.45) is 0 Å². The van der Waals surface area contributed by atoms with Gasteiger partial charge in [0.05, 0.1) is 11.9 Å². The maximum Gasteiger partial charge on any atom is 0.471 e. The Bertz CT molecular complexity index is 829. The summed E-state index contributed by atoms with van der Waals surface area (Å²) in [7, 11) is 0. The Kier molecular flexibility index (Phi) is 5.66. The fourth-order valence-electron chi connectivity index (χ4n) is 3.38. The number of likely N-dealkylation sites (tertiary alicyclic amines) is 1. The SMILES string of the molecule is CCn1nccc1C(=O)N1CCC(N(C(=O)C(F)(F)F)c2cccnc2)CC1. The van der Waals surface area contributed by atoms with Crippen LogP contribution in [0, 0.1) is 0 Å². The van der Waals surface area contributed by atoms with Gasteiger partial charge in [-0.15, -0.1) is 0 Å². The first-order chi connectivity index (χ1) is 13.3. The third-order valence-electron chi connectivity index (χ3n) is 4.74. The van der Waals surface area contributed by atoms with Gasteiger partial charge in [0, 0.05) is 38.1 Å². The normalized spacial score (nSPS) is 15.5. The summed E-state index contributed by atoms with van der Waals surface area (Å²) in [4.78, 5) is 30.9. The summed E-state index contributed by atoms with van der Waals surface area (Å²) in [6, 6.07) is 3.86. The number of rotatable bonds is 4. The number of halogens is 3. The van der Waals surface area contributed by atoms with E-state index < -0.39 is 18.1 Å². The van der Waals surface area contributed by atoms with Crippen LogP contribution >= 0.6 is 0 Å². The van der Waals surface area contributed by atoms with Crippen molar-refractivity contribution in [1.29, 1.82) is 0 Å². The van der Waals surface area contributed by atoms with Gasteiger partial charge < -0.3 is 4.90 Å². The van der Waals surface area contributed by atoms with Gasteiger partial charge in [-0.1, -0.05) is 0 Å².